The number of rotatable bonds is 4. The Morgan fingerprint density at radius 2 is 2.05 bits per heavy atom. The number of nitrogens with one attached hydrogen (secondary N) is 1. The molecule has 7 nitrogen and oxygen atoms in total. The molecule has 1 saturated heterocycles. The SMILES string of the molecule is COC1CC(=O)N(CCNC(=O)OC(C)(C)C)C1=O. The maximum atomic E-state index is 11.7. The monoisotopic (exact) mass is 272 g/mol. The van der Waals surface area contributed by atoms with E-state index < -0.39 is 17.8 Å². The third-order valence-electron chi connectivity index (χ3n) is 2.49. The summed E-state index contributed by atoms with van der Waals surface area (Å²) in [5.74, 6) is -0.652. The van der Waals surface area contributed by atoms with E-state index >= 15 is 0 Å². The molecule has 108 valence electrons. The Labute approximate surface area is 112 Å². The fourth-order valence-electron chi connectivity index (χ4n) is 1.66. The van der Waals surface area contributed by atoms with Crippen LogP contribution in [0.25, 0.3) is 0 Å². The van der Waals surface area contributed by atoms with E-state index in [0.717, 1.165) is 4.90 Å². The van der Waals surface area contributed by atoms with Crippen molar-refractivity contribution in [1.29, 1.82) is 0 Å². The van der Waals surface area contributed by atoms with E-state index in [4.69, 9.17) is 9.47 Å². The van der Waals surface area contributed by atoms with Crippen molar-refractivity contribution in [2.24, 2.45) is 0 Å². The molecule has 3 amide bonds. The van der Waals surface area contributed by atoms with Gasteiger partial charge in [0, 0.05) is 20.2 Å². The van der Waals surface area contributed by atoms with Crippen molar-refractivity contribution in [1.82, 2.24) is 10.2 Å². The molecule has 1 aliphatic heterocycles. The van der Waals surface area contributed by atoms with Crippen LogP contribution in [0.1, 0.15) is 27.2 Å². The van der Waals surface area contributed by atoms with Gasteiger partial charge in [-0.25, -0.2) is 4.79 Å². The number of hydrogen-bond donors (Lipinski definition) is 1. The molecule has 0 spiro atoms. The van der Waals surface area contributed by atoms with Gasteiger partial charge in [-0.2, -0.15) is 0 Å². The maximum Gasteiger partial charge on any atom is 0.407 e. The summed E-state index contributed by atoms with van der Waals surface area (Å²) in [6.07, 6.45) is -1.22. The van der Waals surface area contributed by atoms with Gasteiger partial charge in [-0.1, -0.05) is 0 Å². The molecule has 0 aliphatic carbocycles. The Kier molecular flexibility index (Phi) is 4.88. The van der Waals surface area contributed by atoms with Gasteiger partial charge in [-0.3, -0.25) is 14.5 Å². The van der Waals surface area contributed by atoms with Crippen molar-refractivity contribution in [3.63, 3.8) is 0 Å². The second kappa shape index (κ2) is 6.01. The summed E-state index contributed by atoms with van der Waals surface area (Å²) in [6, 6.07) is 0. The predicted octanol–water partition coefficient (Wildman–Crippen LogP) is 0.285. The van der Waals surface area contributed by atoms with E-state index in [9.17, 15) is 14.4 Å². The summed E-state index contributed by atoms with van der Waals surface area (Å²) in [5, 5.41) is 2.49. The number of methoxy groups -OCH3 is 1. The fourth-order valence-corrected chi connectivity index (χ4v) is 1.66. The van der Waals surface area contributed by atoms with Gasteiger partial charge < -0.3 is 14.8 Å². The molecule has 1 atom stereocenters. The third kappa shape index (κ3) is 4.51. The fraction of sp³-hybridized carbons (Fsp3) is 0.750. The summed E-state index contributed by atoms with van der Waals surface area (Å²) in [4.78, 5) is 35.7. The average Bonchev–Trinajstić information content (AvgIpc) is 2.53. The summed E-state index contributed by atoms with van der Waals surface area (Å²) >= 11 is 0. The molecular formula is C12H20N2O5. The van der Waals surface area contributed by atoms with Crippen LogP contribution in [0.5, 0.6) is 0 Å². The third-order valence-corrected chi connectivity index (χ3v) is 2.49. The number of nitrogens with zero attached hydrogens (tertiary/aromatic N) is 1. The minimum absolute atomic E-state index is 0.0573. The van der Waals surface area contributed by atoms with Gasteiger partial charge in [-0.15, -0.1) is 0 Å². The van der Waals surface area contributed by atoms with Crippen molar-refractivity contribution in [3.05, 3.63) is 0 Å². The van der Waals surface area contributed by atoms with Gasteiger partial charge in [-0.05, 0) is 20.8 Å². The Bertz CT molecular complexity index is 375. The van der Waals surface area contributed by atoms with Gasteiger partial charge >= 0.3 is 6.09 Å². The van der Waals surface area contributed by atoms with E-state index in [1.807, 2.05) is 0 Å². The number of carbonyl (C=O) groups excluding carboxylic acids is 3. The van der Waals surface area contributed by atoms with Gasteiger partial charge in [0.05, 0.1) is 6.42 Å². The zero-order valence-corrected chi connectivity index (χ0v) is 11.7. The van der Waals surface area contributed by atoms with Crippen LogP contribution in [0, 0.1) is 0 Å². The Morgan fingerprint density at radius 3 is 2.53 bits per heavy atom. The molecule has 0 saturated carbocycles. The number of hydrogen-bond acceptors (Lipinski definition) is 5. The van der Waals surface area contributed by atoms with E-state index in [1.165, 1.54) is 7.11 Å². The molecule has 1 heterocycles. The van der Waals surface area contributed by atoms with Crippen LogP contribution < -0.4 is 5.32 Å². The van der Waals surface area contributed by atoms with E-state index in [1.54, 1.807) is 20.8 Å². The van der Waals surface area contributed by atoms with Gasteiger partial charge in [0.1, 0.15) is 11.7 Å². The average molecular weight is 272 g/mol. The highest BCUT2D eigenvalue weighted by atomic mass is 16.6. The molecule has 1 rings (SSSR count). The molecule has 0 radical (unpaired) electrons. The first kappa shape index (κ1) is 15.4. The zero-order valence-electron chi connectivity index (χ0n) is 11.7. The topological polar surface area (TPSA) is 84.9 Å². The minimum atomic E-state index is -0.700. The van der Waals surface area contributed by atoms with Crippen molar-refractivity contribution in [2.45, 2.75) is 38.9 Å². The Hall–Kier alpha value is -1.63. The Balaban J connectivity index is 2.36. The predicted molar refractivity (Wildman–Crippen MR) is 66.4 cm³/mol. The van der Waals surface area contributed by atoms with Crippen molar-refractivity contribution in [2.75, 3.05) is 20.2 Å². The lowest BCUT2D eigenvalue weighted by Crippen LogP contribution is -2.40. The number of imide groups is 1. The summed E-state index contributed by atoms with van der Waals surface area (Å²) in [6.45, 7) is 5.54. The molecule has 1 fully saturated rings. The van der Waals surface area contributed by atoms with Crippen LogP contribution in [0.4, 0.5) is 4.79 Å². The summed E-state index contributed by atoms with van der Waals surface area (Å²) < 4.78 is 9.93. The lowest BCUT2D eigenvalue weighted by molar-refractivity contribution is -0.141. The summed E-state index contributed by atoms with van der Waals surface area (Å²) in [7, 11) is 1.39. The highest BCUT2D eigenvalue weighted by molar-refractivity contribution is 6.05. The molecule has 0 bridgehead atoms. The lowest BCUT2D eigenvalue weighted by Gasteiger charge is -2.20. The first-order valence-corrected chi connectivity index (χ1v) is 6.08. The van der Waals surface area contributed by atoms with Crippen molar-refractivity contribution >= 4 is 17.9 Å². The molecule has 0 aromatic carbocycles. The first-order chi connectivity index (χ1) is 8.74. The van der Waals surface area contributed by atoms with Crippen LogP contribution in [0.2, 0.25) is 0 Å². The highest BCUT2D eigenvalue weighted by Crippen LogP contribution is 2.14. The molecule has 19 heavy (non-hydrogen) atoms. The molecule has 0 aromatic heterocycles. The van der Waals surface area contributed by atoms with Crippen molar-refractivity contribution in [3.8, 4) is 0 Å². The van der Waals surface area contributed by atoms with E-state index in [-0.39, 0.29) is 31.3 Å². The molecule has 1 N–H and O–H groups in total. The number of amides is 3. The molecular weight excluding hydrogens is 252 g/mol. The smallest absolute Gasteiger partial charge is 0.407 e. The van der Waals surface area contributed by atoms with E-state index in [2.05, 4.69) is 5.32 Å². The zero-order chi connectivity index (χ0) is 14.6. The number of likely N-dealkylation sites (tertiary alicyclic amines) is 1. The normalized spacial score (nSPS) is 19.8. The Morgan fingerprint density at radius 1 is 1.42 bits per heavy atom. The number of carbonyl (C=O) groups is 3. The number of ether oxygens (including phenoxy) is 2. The molecule has 7 heteroatoms. The molecule has 1 unspecified atom stereocenters. The van der Waals surface area contributed by atoms with Crippen molar-refractivity contribution < 1.29 is 23.9 Å². The van der Waals surface area contributed by atoms with Crippen LogP contribution in [-0.2, 0) is 19.1 Å². The van der Waals surface area contributed by atoms with Crippen LogP contribution >= 0.6 is 0 Å². The van der Waals surface area contributed by atoms with Crippen LogP contribution in [0.3, 0.4) is 0 Å². The van der Waals surface area contributed by atoms with E-state index in [0.29, 0.717) is 0 Å². The van der Waals surface area contributed by atoms with Crippen LogP contribution in [0.15, 0.2) is 0 Å². The number of alkyl carbamates (subject to hydrolysis) is 1. The quantitative estimate of drug-likeness (QED) is 0.743. The molecule has 0 aromatic rings. The second-order valence-electron chi connectivity index (χ2n) is 5.24. The first-order valence-electron chi connectivity index (χ1n) is 6.08. The largest absolute Gasteiger partial charge is 0.444 e. The van der Waals surface area contributed by atoms with Gasteiger partial charge in [0.15, 0.2) is 0 Å². The van der Waals surface area contributed by atoms with Gasteiger partial charge in [0.2, 0.25) is 5.91 Å². The van der Waals surface area contributed by atoms with Gasteiger partial charge in [0.25, 0.3) is 5.91 Å². The maximum absolute atomic E-state index is 11.7. The summed E-state index contributed by atoms with van der Waals surface area (Å²) in [5.41, 5.74) is -0.579. The minimum Gasteiger partial charge on any atom is -0.444 e. The highest BCUT2D eigenvalue weighted by Gasteiger charge is 2.38. The second-order valence-corrected chi connectivity index (χ2v) is 5.24. The standard InChI is InChI=1S/C12H20N2O5/c1-12(2,3)19-11(17)13-5-6-14-9(15)7-8(18-4)10(14)16/h8H,5-7H2,1-4H3,(H,13,17). The lowest BCUT2D eigenvalue weighted by atomic mass is 10.2. The van der Waals surface area contributed by atoms with Crippen LogP contribution in [-0.4, -0.2) is 54.7 Å². The molecule has 1 aliphatic rings.